The number of nitrogens with zero attached hydrogens (tertiary/aromatic N) is 2. The molecule has 104 valence electrons. The third-order valence-electron chi connectivity index (χ3n) is 4.28. The first-order valence-corrected chi connectivity index (χ1v) is 7.52. The highest BCUT2D eigenvalue weighted by Gasteiger charge is 2.28. The van der Waals surface area contributed by atoms with Crippen molar-refractivity contribution in [3.8, 4) is 0 Å². The van der Waals surface area contributed by atoms with Crippen LogP contribution < -0.4 is 5.73 Å². The van der Waals surface area contributed by atoms with E-state index in [9.17, 15) is 4.79 Å². The first-order valence-electron chi connectivity index (χ1n) is 7.52. The third kappa shape index (κ3) is 3.69. The molecule has 0 aromatic heterocycles. The number of nitrogens with two attached hydrogens (primary N) is 1. The van der Waals surface area contributed by atoms with Crippen LogP contribution in [-0.2, 0) is 4.79 Å². The number of hydrogen-bond acceptors (Lipinski definition) is 3. The molecule has 0 spiro atoms. The summed E-state index contributed by atoms with van der Waals surface area (Å²) in [5, 5.41) is 0. The van der Waals surface area contributed by atoms with E-state index >= 15 is 0 Å². The molecular weight excluding hydrogens is 226 g/mol. The standard InChI is InChI=1S/C14H27N3O/c15-7-3-8-16-9-4-10-17(12-11-16)14(18)13-5-1-2-6-13/h13H,1-12,15H2. The number of carbonyl (C=O) groups is 1. The molecule has 2 rings (SSSR count). The van der Waals surface area contributed by atoms with Gasteiger partial charge in [0, 0.05) is 25.6 Å². The average Bonchev–Trinajstić information content (AvgIpc) is 2.82. The van der Waals surface area contributed by atoms with Crippen molar-refractivity contribution in [1.82, 2.24) is 9.80 Å². The summed E-state index contributed by atoms with van der Waals surface area (Å²) >= 11 is 0. The van der Waals surface area contributed by atoms with Crippen molar-refractivity contribution < 1.29 is 4.79 Å². The second-order valence-electron chi connectivity index (χ2n) is 5.64. The predicted octanol–water partition coefficient (Wildman–Crippen LogP) is 1.06. The Hall–Kier alpha value is -0.610. The summed E-state index contributed by atoms with van der Waals surface area (Å²) < 4.78 is 0. The summed E-state index contributed by atoms with van der Waals surface area (Å²) in [6.45, 7) is 5.87. The molecule has 2 N–H and O–H groups in total. The Morgan fingerprint density at radius 2 is 1.83 bits per heavy atom. The van der Waals surface area contributed by atoms with E-state index in [0.717, 1.165) is 65.0 Å². The smallest absolute Gasteiger partial charge is 0.225 e. The van der Waals surface area contributed by atoms with E-state index in [4.69, 9.17) is 5.73 Å². The SMILES string of the molecule is NCCCN1CCCN(C(=O)C2CCCC2)CC1. The van der Waals surface area contributed by atoms with Gasteiger partial charge in [0.2, 0.25) is 5.91 Å². The Kier molecular flexibility index (Phi) is 5.45. The molecule has 1 saturated heterocycles. The molecule has 18 heavy (non-hydrogen) atoms. The fourth-order valence-corrected chi connectivity index (χ4v) is 3.16. The highest BCUT2D eigenvalue weighted by molar-refractivity contribution is 5.79. The van der Waals surface area contributed by atoms with Gasteiger partial charge in [-0.1, -0.05) is 12.8 Å². The summed E-state index contributed by atoms with van der Waals surface area (Å²) in [5.74, 6) is 0.758. The van der Waals surface area contributed by atoms with Gasteiger partial charge in [-0.15, -0.1) is 0 Å². The Morgan fingerprint density at radius 3 is 2.56 bits per heavy atom. The van der Waals surface area contributed by atoms with Crippen molar-refractivity contribution in [2.45, 2.75) is 38.5 Å². The van der Waals surface area contributed by atoms with Gasteiger partial charge >= 0.3 is 0 Å². The number of carbonyl (C=O) groups excluding carboxylic acids is 1. The van der Waals surface area contributed by atoms with Crippen molar-refractivity contribution in [2.24, 2.45) is 11.7 Å². The second-order valence-corrected chi connectivity index (χ2v) is 5.64. The van der Waals surface area contributed by atoms with Crippen LogP contribution >= 0.6 is 0 Å². The first-order chi connectivity index (χ1) is 8.81. The molecule has 1 aliphatic heterocycles. The molecule has 2 aliphatic rings. The highest BCUT2D eigenvalue weighted by atomic mass is 16.2. The van der Waals surface area contributed by atoms with Gasteiger partial charge in [-0.2, -0.15) is 0 Å². The fourth-order valence-electron chi connectivity index (χ4n) is 3.16. The van der Waals surface area contributed by atoms with Crippen LogP contribution in [0.25, 0.3) is 0 Å². The van der Waals surface area contributed by atoms with Gasteiger partial charge in [0.15, 0.2) is 0 Å². The lowest BCUT2D eigenvalue weighted by molar-refractivity contribution is -0.135. The molecule has 1 saturated carbocycles. The van der Waals surface area contributed by atoms with Gasteiger partial charge in [-0.3, -0.25) is 4.79 Å². The van der Waals surface area contributed by atoms with E-state index in [2.05, 4.69) is 9.80 Å². The van der Waals surface area contributed by atoms with Crippen molar-refractivity contribution in [2.75, 3.05) is 39.3 Å². The van der Waals surface area contributed by atoms with Crippen molar-refractivity contribution in [1.29, 1.82) is 0 Å². The second kappa shape index (κ2) is 7.10. The van der Waals surface area contributed by atoms with Crippen LogP contribution in [0, 0.1) is 5.92 Å². The van der Waals surface area contributed by atoms with Gasteiger partial charge in [-0.05, 0) is 45.3 Å². The van der Waals surface area contributed by atoms with Gasteiger partial charge in [0.25, 0.3) is 0 Å². The van der Waals surface area contributed by atoms with Crippen LogP contribution in [-0.4, -0.2) is 55.0 Å². The van der Waals surface area contributed by atoms with E-state index in [-0.39, 0.29) is 0 Å². The number of rotatable bonds is 4. The first kappa shape index (κ1) is 13.8. The maximum atomic E-state index is 12.4. The fraction of sp³-hybridized carbons (Fsp3) is 0.929. The average molecular weight is 253 g/mol. The van der Waals surface area contributed by atoms with Crippen molar-refractivity contribution in [3.05, 3.63) is 0 Å². The lowest BCUT2D eigenvalue weighted by Gasteiger charge is -2.24. The normalized spacial score (nSPS) is 23.3. The Balaban J connectivity index is 1.78. The third-order valence-corrected chi connectivity index (χ3v) is 4.28. The number of amides is 1. The van der Waals surface area contributed by atoms with Crippen LogP contribution in [0.15, 0.2) is 0 Å². The minimum atomic E-state index is 0.334. The maximum absolute atomic E-state index is 12.4. The van der Waals surface area contributed by atoms with Crippen LogP contribution in [0.3, 0.4) is 0 Å². The quantitative estimate of drug-likeness (QED) is 0.815. The molecule has 0 unspecified atom stereocenters. The minimum Gasteiger partial charge on any atom is -0.341 e. The highest BCUT2D eigenvalue weighted by Crippen LogP contribution is 2.26. The summed E-state index contributed by atoms with van der Waals surface area (Å²) in [4.78, 5) is 16.9. The minimum absolute atomic E-state index is 0.334. The van der Waals surface area contributed by atoms with Crippen LogP contribution in [0.4, 0.5) is 0 Å². The molecule has 0 atom stereocenters. The maximum Gasteiger partial charge on any atom is 0.225 e. The largest absolute Gasteiger partial charge is 0.341 e. The molecule has 0 aromatic carbocycles. The lowest BCUT2D eigenvalue weighted by Crippen LogP contribution is -2.38. The predicted molar refractivity (Wildman–Crippen MR) is 73.3 cm³/mol. The molecule has 1 aliphatic carbocycles. The van der Waals surface area contributed by atoms with E-state index in [1.54, 1.807) is 0 Å². The molecule has 4 nitrogen and oxygen atoms in total. The molecular formula is C14H27N3O. The molecule has 4 heteroatoms. The number of hydrogen-bond donors (Lipinski definition) is 1. The van der Waals surface area contributed by atoms with E-state index in [1.807, 2.05) is 0 Å². The van der Waals surface area contributed by atoms with Crippen molar-refractivity contribution >= 4 is 5.91 Å². The Morgan fingerprint density at radius 1 is 1.06 bits per heavy atom. The van der Waals surface area contributed by atoms with Gasteiger partial charge in [0.05, 0.1) is 0 Å². The van der Waals surface area contributed by atoms with Crippen molar-refractivity contribution in [3.63, 3.8) is 0 Å². The monoisotopic (exact) mass is 253 g/mol. The van der Waals surface area contributed by atoms with E-state index in [1.165, 1.54) is 12.8 Å². The lowest BCUT2D eigenvalue weighted by atomic mass is 10.1. The topological polar surface area (TPSA) is 49.6 Å². The van der Waals surface area contributed by atoms with Gasteiger partial charge in [0.1, 0.15) is 0 Å². The summed E-state index contributed by atoms with van der Waals surface area (Å²) in [5.41, 5.74) is 5.55. The van der Waals surface area contributed by atoms with Gasteiger partial charge < -0.3 is 15.5 Å². The zero-order chi connectivity index (χ0) is 12.8. The Bertz CT molecular complexity index is 264. The van der Waals surface area contributed by atoms with Crippen LogP contribution in [0.1, 0.15) is 38.5 Å². The van der Waals surface area contributed by atoms with Gasteiger partial charge in [-0.25, -0.2) is 0 Å². The summed E-state index contributed by atoms with van der Waals surface area (Å²) in [6, 6.07) is 0. The summed E-state index contributed by atoms with van der Waals surface area (Å²) in [6.07, 6.45) is 6.90. The van der Waals surface area contributed by atoms with Crippen LogP contribution in [0.2, 0.25) is 0 Å². The zero-order valence-electron chi connectivity index (χ0n) is 11.4. The summed E-state index contributed by atoms with van der Waals surface area (Å²) in [7, 11) is 0. The molecule has 1 amide bonds. The van der Waals surface area contributed by atoms with E-state index < -0.39 is 0 Å². The molecule has 0 aromatic rings. The molecule has 0 radical (unpaired) electrons. The van der Waals surface area contributed by atoms with E-state index in [0.29, 0.717) is 11.8 Å². The zero-order valence-corrected chi connectivity index (χ0v) is 11.4. The Labute approximate surface area is 110 Å². The molecule has 0 bridgehead atoms. The van der Waals surface area contributed by atoms with Crippen LogP contribution in [0.5, 0.6) is 0 Å². The molecule has 2 fully saturated rings. The molecule has 1 heterocycles.